The van der Waals surface area contributed by atoms with Gasteiger partial charge in [0.25, 0.3) is 0 Å². The van der Waals surface area contributed by atoms with Gasteiger partial charge in [-0.2, -0.15) is 0 Å². The molecule has 2 atom stereocenters. The Balaban J connectivity index is 1.51. The monoisotopic (exact) mass is 366 g/mol. The van der Waals surface area contributed by atoms with Crippen molar-refractivity contribution in [3.8, 4) is 0 Å². The van der Waals surface area contributed by atoms with E-state index in [9.17, 15) is 9.18 Å². The molecule has 2 aliphatic rings. The highest BCUT2D eigenvalue weighted by molar-refractivity contribution is 5.68. The Morgan fingerprint density at radius 2 is 2.15 bits per heavy atom. The summed E-state index contributed by atoms with van der Waals surface area (Å²) in [5.41, 5.74) is 2.06. The Hall–Kier alpha value is -1.70. The van der Waals surface area contributed by atoms with Crippen LogP contribution in [0.15, 0.2) is 18.2 Å². The number of piperidine rings is 1. The first kappa shape index (κ1) is 19.1. The quantitative estimate of drug-likeness (QED) is 0.802. The second-order valence-electron chi connectivity index (χ2n) is 7.07. The highest BCUT2D eigenvalue weighted by Crippen LogP contribution is 2.25. The maximum Gasteiger partial charge on any atom is 0.329 e. The van der Waals surface area contributed by atoms with Gasteiger partial charge in [0.05, 0.1) is 12.7 Å². The molecule has 7 heteroatoms. The molecule has 0 amide bonds. The molecule has 0 aliphatic carbocycles. The summed E-state index contributed by atoms with van der Waals surface area (Å²) in [5, 5.41) is 12.5. The van der Waals surface area contributed by atoms with E-state index < -0.39 is 5.97 Å². The molecule has 6 nitrogen and oxygen atoms in total. The average molecular weight is 366 g/mol. The number of anilines is 1. The van der Waals surface area contributed by atoms with Crippen LogP contribution in [-0.4, -0.2) is 62.2 Å². The third-order valence-corrected chi connectivity index (χ3v) is 5.17. The van der Waals surface area contributed by atoms with Crippen LogP contribution in [-0.2, 0) is 14.3 Å². The topological polar surface area (TPSA) is 71.0 Å². The van der Waals surface area contributed by atoms with Crippen molar-refractivity contribution in [2.45, 2.75) is 44.4 Å². The third kappa shape index (κ3) is 4.93. The molecule has 2 saturated heterocycles. The van der Waals surface area contributed by atoms with Gasteiger partial charge in [0.2, 0.25) is 0 Å². The zero-order valence-corrected chi connectivity index (χ0v) is 15.1. The normalized spacial score (nSPS) is 24.6. The van der Waals surface area contributed by atoms with E-state index in [1.165, 1.54) is 6.07 Å². The van der Waals surface area contributed by atoms with Crippen LogP contribution in [0, 0.1) is 12.7 Å². The second kappa shape index (κ2) is 8.79. The lowest BCUT2D eigenvalue weighted by Crippen LogP contribution is -2.54. The molecule has 0 unspecified atom stereocenters. The molecule has 2 fully saturated rings. The molecule has 0 bridgehead atoms. The summed E-state index contributed by atoms with van der Waals surface area (Å²) < 4.78 is 24.2. The van der Waals surface area contributed by atoms with Crippen LogP contribution >= 0.6 is 0 Å². The van der Waals surface area contributed by atoms with Crippen molar-refractivity contribution >= 4 is 11.7 Å². The number of ether oxygens (including phenoxy) is 2. The van der Waals surface area contributed by atoms with Crippen molar-refractivity contribution in [3.63, 3.8) is 0 Å². The number of carboxylic acid groups (broad SMARTS) is 1. The Morgan fingerprint density at radius 1 is 1.38 bits per heavy atom. The highest BCUT2D eigenvalue weighted by Gasteiger charge is 2.30. The molecule has 1 aromatic rings. The number of hydrogen-bond donors (Lipinski definition) is 2. The fourth-order valence-corrected chi connectivity index (χ4v) is 3.81. The number of nitrogens with one attached hydrogen (secondary N) is 1. The van der Waals surface area contributed by atoms with E-state index in [1.807, 2.05) is 13.0 Å². The van der Waals surface area contributed by atoms with Crippen molar-refractivity contribution in [3.05, 3.63) is 29.6 Å². The van der Waals surface area contributed by atoms with Gasteiger partial charge in [0, 0.05) is 37.5 Å². The zero-order valence-electron chi connectivity index (χ0n) is 15.1. The molecular weight excluding hydrogens is 339 g/mol. The third-order valence-electron chi connectivity index (χ3n) is 5.17. The fourth-order valence-electron chi connectivity index (χ4n) is 3.81. The number of rotatable bonds is 6. The Morgan fingerprint density at radius 3 is 2.85 bits per heavy atom. The first-order chi connectivity index (χ1) is 12.5. The molecule has 144 valence electrons. The molecule has 0 radical (unpaired) electrons. The van der Waals surface area contributed by atoms with E-state index in [4.69, 9.17) is 14.6 Å². The molecule has 2 N–H and O–H groups in total. The molecule has 0 aromatic heterocycles. The maximum absolute atomic E-state index is 13.3. The van der Waals surface area contributed by atoms with Crippen molar-refractivity contribution < 1.29 is 23.8 Å². The SMILES string of the molecule is Cc1cc(F)ccc1N1CCC(N[C@@H]2CCOC[C@H]2OCC(=O)O)CC1. The van der Waals surface area contributed by atoms with Crippen LogP contribution in [0.1, 0.15) is 24.8 Å². The standard InChI is InChI=1S/C19H27FN2O4/c1-13-10-14(20)2-3-17(13)22-7-4-15(5-8-22)21-16-6-9-25-11-18(16)26-12-19(23)24/h2-3,10,15-16,18,21H,4-9,11-12H2,1H3,(H,23,24)/t16-,18-/m1/s1. The molecule has 26 heavy (non-hydrogen) atoms. The predicted molar refractivity (Wildman–Crippen MR) is 96.1 cm³/mol. The van der Waals surface area contributed by atoms with Gasteiger partial charge < -0.3 is 24.8 Å². The van der Waals surface area contributed by atoms with E-state index in [0.29, 0.717) is 19.3 Å². The number of nitrogens with zero attached hydrogens (tertiary/aromatic N) is 1. The Labute approximate surface area is 153 Å². The number of aryl methyl sites for hydroxylation is 1. The summed E-state index contributed by atoms with van der Waals surface area (Å²) in [7, 11) is 0. The lowest BCUT2D eigenvalue weighted by Gasteiger charge is -2.39. The summed E-state index contributed by atoms with van der Waals surface area (Å²) in [6.07, 6.45) is 2.57. The first-order valence-electron chi connectivity index (χ1n) is 9.21. The van der Waals surface area contributed by atoms with Gasteiger partial charge in [-0.15, -0.1) is 0 Å². The van der Waals surface area contributed by atoms with Crippen LogP contribution in [0.4, 0.5) is 10.1 Å². The van der Waals surface area contributed by atoms with Crippen molar-refractivity contribution in [1.29, 1.82) is 0 Å². The van der Waals surface area contributed by atoms with E-state index >= 15 is 0 Å². The number of benzene rings is 1. The van der Waals surface area contributed by atoms with Gasteiger partial charge in [-0.3, -0.25) is 0 Å². The summed E-state index contributed by atoms with van der Waals surface area (Å²) in [6.45, 7) is 4.56. The van der Waals surface area contributed by atoms with Crippen LogP contribution in [0.3, 0.4) is 0 Å². The molecule has 1 aromatic carbocycles. The van der Waals surface area contributed by atoms with Gasteiger partial charge in [-0.1, -0.05) is 0 Å². The summed E-state index contributed by atoms with van der Waals surface area (Å²) >= 11 is 0. The molecule has 0 spiro atoms. The molecule has 2 aliphatic heterocycles. The number of carboxylic acids is 1. The number of hydrogen-bond acceptors (Lipinski definition) is 5. The van der Waals surface area contributed by atoms with E-state index in [1.54, 1.807) is 6.07 Å². The van der Waals surface area contributed by atoms with E-state index in [0.717, 1.165) is 43.6 Å². The van der Waals surface area contributed by atoms with Crippen LogP contribution in [0.25, 0.3) is 0 Å². The maximum atomic E-state index is 13.3. The molecular formula is C19H27FN2O4. The van der Waals surface area contributed by atoms with Crippen LogP contribution in [0.2, 0.25) is 0 Å². The largest absolute Gasteiger partial charge is 0.480 e. The van der Waals surface area contributed by atoms with Gasteiger partial charge in [0.1, 0.15) is 12.4 Å². The van der Waals surface area contributed by atoms with E-state index in [2.05, 4.69) is 10.2 Å². The Kier molecular flexibility index (Phi) is 6.45. The summed E-state index contributed by atoms with van der Waals surface area (Å²) in [6, 6.07) is 5.43. The Bertz CT molecular complexity index is 620. The number of halogens is 1. The van der Waals surface area contributed by atoms with Gasteiger partial charge in [-0.25, -0.2) is 9.18 Å². The van der Waals surface area contributed by atoms with Crippen molar-refractivity contribution in [2.75, 3.05) is 37.8 Å². The minimum Gasteiger partial charge on any atom is -0.480 e. The zero-order chi connectivity index (χ0) is 18.5. The number of aliphatic carboxylic acids is 1. The average Bonchev–Trinajstić information content (AvgIpc) is 2.62. The molecule has 0 saturated carbocycles. The van der Waals surface area contributed by atoms with Gasteiger partial charge >= 0.3 is 5.97 Å². The molecule has 3 rings (SSSR count). The second-order valence-corrected chi connectivity index (χ2v) is 7.07. The summed E-state index contributed by atoms with van der Waals surface area (Å²) in [4.78, 5) is 13.0. The van der Waals surface area contributed by atoms with Crippen molar-refractivity contribution in [2.24, 2.45) is 0 Å². The van der Waals surface area contributed by atoms with Crippen molar-refractivity contribution in [1.82, 2.24) is 5.32 Å². The minimum atomic E-state index is -0.961. The highest BCUT2D eigenvalue weighted by atomic mass is 19.1. The first-order valence-corrected chi connectivity index (χ1v) is 9.21. The van der Waals surface area contributed by atoms with Gasteiger partial charge in [0.15, 0.2) is 0 Å². The van der Waals surface area contributed by atoms with Crippen LogP contribution in [0.5, 0.6) is 0 Å². The smallest absolute Gasteiger partial charge is 0.329 e. The van der Waals surface area contributed by atoms with Crippen LogP contribution < -0.4 is 10.2 Å². The van der Waals surface area contributed by atoms with Gasteiger partial charge in [-0.05, 0) is 49.9 Å². The lowest BCUT2D eigenvalue weighted by molar-refractivity contribution is -0.148. The lowest BCUT2D eigenvalue weighted by atomic mass is 9.99. The fraction of sp³-hybridized carbons (Fsp3) is 0.632. The molecule has 2 heterocycles. The number of carbonyl (C=O) groups is 1. The van der Waals surface area contributed by atoms with E-state index in [-0.39, 0.29) is 24.6 Å². The summed E-state index contributed by atoms with van der Waals surface area (Å²) in [5.74, 6) is -1.16. The minimum absolute atomic E-state index is 0.118. The predicted octanol–water partition coefficient (Wildman–Crippen LogP) is 1.95.